The molecule has 0 aliphatic carbocycles. The average molecular weight is 317 g/mol. The highest BCUT2D eigenvalue weighted by atomic mass is 32.2. The maximum absolute atomic E-state index is 13.6. The Bertz CT molecular complexity index is 664. The van der Waals surface area contributed by atoms with E-state index in [4.69, 9.17) is 0 Å². The van der Waals surface area contributed by atoms with Crippen LogP contribution in [0.1, 0.15) is 13.8 Å². The maximum atomic E-state index is 13.6. The van der Waals surface area contributed by atoms with Crippen LogP contribution in [0.2, 0.25) is 0 Å². The molecular weight excluding hydrogens is 301 g/mol. The summed E-state index contributed by atoms with van der Waals surface area (Å²) in [6.45, 7) is 4.15. The van der Waals surface area contributed by atoms with Crippen LogP contribution in [-0.2, 0) is 10.0 Å². The first-order valence-electron chi connectivity index (χ1n) is 6.45. The third kappa shape index (κ3) is 2.76. The predicted molar refractivity (Wildman–Crippen MR) is 73.9 cm³/mol. The van der Waals surface area contributed by atoms with E-state index in [-0.39, 0.29) is 18.6 Å². The summed E-state index contributed by atoms with van der Waals surface area (Å²) in [5.74, 6) is -1.16. The highest BCUT2D eigenvalue weighted by Gasteiger charge is 2.39. The minimum absolute atomic E-state index is 0.0962. The van der Waals surface area contributed by atoms with E-state index < -0.39 is 31.3 Å². The Balaban J connectivity index is 2.55. The van der Waals surface area contributed by atoms with E-state index in [1.54, 1.807) is 6.92 Å². The number of nitrogens with one attached hydrogen (secondary N) is 1. The summed E-state index contributed by atoms with van der Waals surface area (Å²) in [6, 6.07) is 2.62. The van der Waals surface area contributed by atoms with Crippen LogP contribution in [0.4, 0.5) is 10.1 Å². The molecule has 21 heavy (non-hydrogen) atoms. The summed E-state index contributed by atoms with van der Waals surface area (Å²) in [5, 5.41) is 14.1. The number of hydrogen-bond donors (Lipinski definition) is 1. The van der Waals surface area contributed by atoms with E-state index in [1.165, 1.54) is 4.31 Å². The second kappa shape index (κ2) is 5.66. The number of sulfonamides is 1. The Hall–Kier alpha value is -1.58. The van der Waals surface area contributed by atoms with Crippen molar-refractivity contribution in [3.05, 3.63) is 34.1 Å². The Kier molecular flexibility index (Phi) is 4.26. The van der Waals surface area contributed by atoms with Crippen LogP contribution in [0.25, 0.3) is 0 Å². The number of benzene rings is 1. The molecule has 1 fully saturated rings. The smallest absolute Gasteiger partial charge is 0.311 e. The molecule has 2 rings (SSSR count). The van der Waals surface area contributed by atoms with Crippen LogP contribution in [0.5, 0.6) is 0 Å². The summed E-state index contributed by atoms with van der Waals surface area (Å²) in [7, 11) is -4.13. The lowest BCUT2D eigenvalue weighted by Gasteiger charge is -2.37. The molecule has 1 N–H and O–H groups in total. The zero-order valence-electron chi connectivity index (χ0n) is 11.6. The first-order valence-corrected chi connectivity index (χ1v) is 7.89. The van der Waals surface area contributed by atoms with Gasteiger partial charge in [0, 0.05) is 25.2 Å². The molecule has 116 valence electrons. The van der Waals surface area contributed by atoms with Gasteiger partial charge in [0.25, 0.3) is 0 Å². The van der Waals surface area contributed by atoms with Crippen molar-refractivity contribution in [3.8, 4) is 0 Å². The van der Waals surface area contributed by atoms with Gasteiger partial charge in [-0.15, -0.1) is 0 Å². The molecule has 2 unspecified atom stereocenters. The molecule has 0 radical (unpaired) electrons. The topological polar surface area (TPSA) is 92.6 Å². The van der Waals surface area contributed by atoms with Crippen molar-refractivity contribution >= 4 is 15.7 Å². The van der Waals surface area contributed by atoms with E-state index in [2.05, 4.69) is 5.32 Å². The number of nitro benzene ring substituents is 1. The molecule has 1 aromatic rings. The molecule has 2 atom stereocenters. The van der Waals surface area contributed by atoms with Crippen molar-refractivity contribution in [2.75, 3.05) is 13.1 Å². The van der Waals surface area contributed by atoms with Crippen molar-refractivity contribution < 1.29 is 17.7 Å². The summed E-state index contributed by atoms with van der Waals surface area (Å²) < 4.78 is 40.1. The fourth-order valence-electron chi connectivity index (χ4n) is 2.37. The van der Waals surface area contributed by atoms with Gasteiger partial charge in [0.2, 0.25) is 15.8 Å². The third-order valence-corrected chi connectivity index (χ3v) is 5.71. The fourth-order valence-corrected chi connectivity index (χ4v) is 4.24. The number of halogens is 1. The Morgan fingerprint density at radius 2 is 2.10 bits per heavy atom. The fraction of sp³-hybridized carbons (Fsp3) is 0.500. The number of nitrogens with zero attached hydrogens (tertiary/aromatic N) is 2. The Labute approximate surface area is 122 Å². The third-order valence-electron chi connectivity index (χ3n) is 3.70. The minimum atomic E-state index is -4.13. The molecule has 0 bridgehead atoms. The molecule has 1 saturated heterocycles. The van der Waals surface area contributed by atoms with Crippen LogP contribution >= 0.6 is 0 Å². The zero-order chi connectivity index (χ0) is 15.8. The molecular formula is C12H16FN3O4S. The van der Waals surface area contributed by atoms with Gasteiger partial charge in [0.15, 0.2) is 4.90 Å². The molecule has 1 heterocycles. The molecule has 1 aliphatic rings. The van der Waals surface area contributed by atoms with Crippen molar-refractivity contribution in [1.82, 2.24) is 9.62 Å². The first-order chi connectivity index (χ1) is 9.76. The van der Waals surface area contributed by atoms with E-state index in [0.29, 0.717) is 6.54 Å². The highest BCUT2D eigenvalue weighted by Crippen LogP contribution is 2.30. The van der Waals surface area contributed by atoms with Gasteiger partial charge in [0.05, 0.1) is 4.92 Å². The van der Waals surface area contributed by atoms with Gasteiger partial charge in [0.1, 0.15) is 0 Å². The minimum Gasteiger partial charge on any atom is -0.311 e. The lowest BCUT2D eigenvalue weighted by molar-refractivity contribution is -0.390. The second-order valence-electron chi connectivity index (χ2n) is 4.94. The summed E-state index contributed by atoms with van der Waals surface area (Å²) in [4.78, 5) is 9.38. The van der Waals surface area contributed by atoms with Crippen LogP contribution in [-0.4, -0.2) is 42.8 Å². The monoisotopic (exact) mass is 317 g/mol. The summed E-state index contributed by atoms with van der Waals surface area (Å²) in [6.07, 6.45) is 0. The van der Waals surface area contributed by atoms with Gasteiger partial charge in [-0.1, -0.05) is 6.07 Å². The zero-order valence-corrected chi connectivity index (χ0v) is 12.4. The lowest BCUT2D eigenvalue weighted by Crippen LogP contribution is -2.57. The number of para-hydroxylation sites is 1. The van der Waals surface area contributed by atoms with E-state index in [0.717, 1.165) is 18.2 Å². The van der Waals surface area contributed by atoms with Crippen LogP contribution in [0, 0.1) is 15.9 Å². The molecule has 0 aromatic heterocycles. The van der Waals surface area contributed by atoms with Crippen molar-refractivity contribution in [3.63, 3.8) is 0 Å². The summed E-state index contributed by atoms with van der Waals surface area (Å²) in [5.41, 5.74) is -1.00. The van der Waals surface area contributed by atoms with Crippen LogP contribution < -0.4 is 5.32 Å². The van der Waals surface area contributed by atoms with Crippen molar-refractivity contribution in [2.24, 2.45) is 0 Å². The molecule has 7 nitrogen and oxygen atoms in total. The predicted octanol–water partition coefficient (Wildman–Crippen LogP) is 1.10. The van der Waals surface area contributed by atoms with Crippen molar-refractivity contribution in [1.29, 1.82) is 0 Å². The Morgan fingerprint density at radius 3 is 2.71 bits per heavy atom. The van der Waals surface area contributed by atoms with Gasteiger partial charge >= 0.3 is 5.69 Å². The standard InChI is InChI=1S/C12H16FN3O4S/c1-8-9(2)15(7-6-14-8)21(19,20)11-5-3-4-10(13)12(11)16(17)18/h3-5,8-9,14H,6-7H2,1-2H3. The largest absolute Gasteiger partial charge is 0.324 e. The van der Waals surface area contributed by atoms with E-state index >= 15 is 0 Å². The summed E-state index contributed by atoms with van der Waals surface area (Å²) >= 11 is 0. The second-order valence-corrected chi connectivity index (χ2v) is 6.80. The highest BCUT2D eigenvalue weighted by molar-refractivity contribution is 7.89. The molecule has 0 amide bonds. The normalized spacial score (nSPS) is 24.0. The van der Waals surface area contributed by atoms with E-state index in [1.807, 2.05) is 6.92 Å². The lowest BCUT2D eigenvalue weighted by atomic mass is 10.1. The van der Waals surface area contributed by atoms with Gasteiger partial charge < -0.3 is 5.32 Å². The van der Waals surface area contributed by atoms with E-state index in [9.17, 15) is 22.9 Å². The molecule has 0 spiro atoms. The molecule has 1 aromatic carbocycles. The number of nitro groups is 1. The quantitative estimate of drug-likeness (QED) is 0.666. The molecule has 0 saturated carbocycles. The Morgan fingerprint density at radius 1 is 1.43 bits per heavy atom. The SMILES string of the molecule is CC1NCCN(S(=O)(=O)c2cccc(F)c2[N+](=O)[O-])C1C. The van der Waals surface area contributed by atoms with Crippen molar-refractivity contribution in [2.45, 2.75) is 30.8 Å². The van der Waals surface area contributed by atoms with Crippen LogP contribution in [0.15, 0.2) is 23.1 Å². The van der Waals surface area contributed by atoms with Gasteiger partial charge in [-0.25, -0.2) is 8.42 Å². The van der Waals surface area contributed by atoms with Gasteiger partial charge in [-0.2, -0.15) is 8.70 Å². The first kappa shape index (κ1) is 15.8. The van der Waals surface area contributed by atoms with Gasteiger partial charge in [-0.3, -0.25) is 10.1 Å². The molecule has 9 heteroatoms. The maximum Gasteiger partial charge on any atom is 0.324 e. The number of hydrogen-bond acceptors (Lipinski definition) is 5. The number of rotatable bonds is 3. The average Bonchev–Trinajstić information content (AvgIpc) is 2.41. The van der Waals surface area contributed by atoms with Gasteiger partial charge in [-0.05, 0) is 26.0 Å². The number of piperazine rings is 1. The van der Waals surface area contributed by atoms with Crippen LogP contribution in [0.3, 0.4) is 0 Å². The molecule has 1 aliphatic heterocycles.